The topological polar surface area (TPSA) is 54.0 Å². The largest absolute Gasteiger partial charge is 0.324 e. The Kier molecular flexibility index (Phi) is 3.79. The van der Waals surface area contributed by atoms with Crippen molar-refractivity contribution in [1.82, 2.24) is 10.3 Å². The highest BCUT2D eigenvalue weighted by Crippen LogP contribution is 2.20. The van der Waals surface area contributed by atoms with Gasteiger partial charge in [0.1, 0.15) is 4.60 Å². The van der Waals surface area contributed by atoms with E-state index in [9.17, 15) is 4.79 Å². The van der Waals surface area contributed by atoms with E-state index in [1.54, 1.807) is 0 Å². The average Bonchev–Trinajstić information content (AvgIpc) is 2.68. The molecular weight excluding hydrogens is 282 g/mol. The van der Waals surface area contributed by atoms with Crippen LogP contribution < -0.4 is 10.6 Å². The summed E-state index contributed by atoms with van der Waals surface area (Å²) < 4.78 is 0.781. The number of nitrogens with one attached hydrogen (secondary N) is 2. The summed E-state index contributed by atoms with van der Waals surface area (Å²) >= 11 is 3.30. The number of anilines is 1. The van der Waals surface area contributed by atoms with E-state index in [0.717, 1.165) is 29.0 Å². The van der Waals surface area contributed by atoms with Crippen LogP contribution in [0.1, 0.15) is 19.0 Å². The number of carbonyl (C=O) groups excluding carboxylic acids is 1. The maximum atomic E-state index is 12.1. The highest BCUT2D eigenvalue weighted by molar-refractivity contribution is 9.10. The minimum Gasteiger partial charge on any atom is -0.324 e. The van der Waals surface area contributed by atoms with Gasteiger partial charge in [-0.2, -0.15) is 0 Å². The third kappa shape index (κ3) is 2.84. The Balaban J connectivity index is 2.07. The molecule has 2 heterocycles. The Morgan fingerprint density at radius 2 is 2.35 bits per heavy atom. The second-order valence-electron chi connectivity index (χ2n) is 4.39. The molecule has 4 nitrogen and oxygen atoms in total. The van der Waals surface area contributed by atoms with E-state index in [0.29, 0.717) is 0 Å². The van der Waals surface area contributed by atoms with Crippen molar-refractivity contribution >= 4 is 27.5 Å². The molecule has 0 bridgehead atoms. The maximum absolute atomic E-state index is 12.1. The van der Waals surface area contributed by atoms with E-state index in [1.807, 2.05) is 26.0 Å². The SMILES string of the molecule is Cc1nc(Br)ccc1NC(=O)C1CCNC1C. The Labute approximate surface area is 109 Å². The van der Waals surface area contributed by atoms with Crippen molar-refractivity contribution in [2.75, 3.05) is 11.9 Å². The Hall–Kier alpha value is -0.940. The van der Waals surface area contributed by atoms with Crippen LogP contribution >= 0.6 is 15.9 Å². The van der Waals surface area contributed by atoms with Crippen molar-refractivity contribution in [3.63, 3.8) is 0 Å². The molecule has 17 heavy (non-hydrogen) atoms. The van der Waals surface area contributed by atoms with E-state index < -0.39 is 0 Å². The van der Waals surface area contributed by atoms with Gasteiger partial charge in [-0.1, -0.05) is 0 Å². The number of hydrogen-bond acceptors (Lipinski definition) is 3. The van der Waals surface area contributed by atoms with Gasteiger partial charge in [-0.15, -0.1) is 0 Å². The predicted octanol–water partition coefficient (Wildman–Crippen LogP) is 2.09. The lowest BCUT2D eigenvalue weighted by molar-refractivity contribution is -0.120. The van der Waals surface area contributed by atoms with Crippen LogP contribution in [-0.2, 0) is 4.79 Å². The number of halogens is 1. The van der Waals surface area contributed by atoms with Crippen LogP contribution in [0.5, 0.6) is 0 Å². The fraction of sp³-hybridized carbons (Fsp3) is 0.500. The van der Waals surface area contributed by atoms with Gasteiger partial charge >= 0.3 is 0 Å². The first-order chi connectivity index (χ1) is 8.08. The summed E-state index contributed by atoms with van der Waals surface area (Å²) in [6.45, 7) is 4.84. The minimum absolute atomic E-state index is 0.0537. The van der Waals surface area contributed by atoms with E-state index in [1.165, 1.54) is 0 Å². The molecule has 1 saturated heterocycles. The van der Waals surface area contributed by atoms with Crippen LogP contribution in [0.3, 0.4) is 0 Å². The summed E-state index contributed by atoms with van der Waals surface area (Å²) in [6.07, 6.45) is 0.899. The highest BCUT2D eigenvalue weighted by atomic mass is 79.9. The zero-order valence-corrected chi connectivity index (χ0v) is 11.5. The van der Waals surface area contributed by atoms with Gasteiger partial charge in [-0.05, 0) is 54.9 Å². The van der Waals surface area contributed by atoms with Gasteiger partial charge in [0.05, 0.1) is 17.3 Å². The number of pyridine rings is 1. The lowest BCUT2D eigenvalue weighted by Gasteiger charge is -2.15. The van der Waals surface area contributed by atoms with Crippen molar-refractivity contribution in [3.05, 3.63) is 22.4 Å². The van der Waals surface area contributed by atoms with Gasteiger partial charge in [0.25, 0.3) is 0 Å². The standard InChI is InChI=1S/C12H16BrN3O/c1-7-9(5-6-14-7)12(17)16-10-3-4-11(13)15-8(10)2/h3-4,7,9,14H,5-6H2,1-2H3,(H,16,17). The van der Waals surface area contributed by atoms with E-state index in [2.05, 4.69) is 31.5 Å². The Morgan fingerprint density at radius 3 is 2.94 bits per heavy atom. The third-order valence-electron chi connectivity index (χ3n) is 3.17. The number of hydrogen-bond donors (Lipinski definition) is 2. The van der Waals surface area contributed by atoms with Crippen molar-refractivity contribution in [3.8, 4) is 0 Å². The third-order valence-corrected chi connectivity index (χ3v) is 3.61. The molecule has 0 aliphatic carbocycles. The van der Waals surface area contributed by atoms with Gasteiger partial charge in [0.15, 0.2) is 0 Å². The first kappa shape index (κ1) is 12.5. The molecule has 1 fully saturated rings. The zero-order chi connectivity index (χ0) is 12.4. The number of rotatable bonds is 2. The van der Waals surface area contributed by atoms with Crippen molar-refractivity contribution in [2.24, 2.45) is 5.92 Å². The number of carbonyl (C=O) groups is 1. The fourth-order valence-corrected chi connectivity index (χ4v) is 2.50. The Morgan fingerprint density at radius 1 is 1.59 bits per heavy atom. The molecule has 2 unspecified atom stereocenters. The first-order valence-electron chi connectivity index (χ1n) is 5.75. The summed E-state index contributed by atoms with van der Waals surface area (Å²) in [4.78, 5) is 16.3. The highest BCUT2D eigenvalue weighted by Gasteiger charge is 2.29. The molecule has 5 heteroatoms. The first-order valence-corrected chi connectivity index (χ1v) is 6.54. The average molecular weight is 298 g/mol. The molecule has 2 N–H and O–H groups in total. The number of aryl methyl sites for hydroxylation is 1. The molecule has 2 rings (SSSR count). The lowest BCUT2D eigenvalue weighted by Crippen LogP contribution is -2.32. The van der Waals surface area contributed by atoms with Gasteiger partial charge in [0.2, 0.25) is 5.91 Å². The monoisotopic (exact) mass is 297 g/mol. The van der Waals surface area contributed by atoms with Crippen molar-refractivity contribution in [2.45, 2.75) is 26.3 Å². The molecule has 1 amide bonds. The maximum Gasteiger partial charge on any atom is 0.229 e. The van der Waals surface area contributed by atoms with E-state index >= 15 is 0 Å². The Bertz CT molecular complexity index is 436. The van der Waals surface area contributed by atoms with Gasteiger partial charge in [-0.25, -0.2) is 4.98 Å². The lowest BCUT2D eigenvalue weighted by atomic mass is 10.0. The molecule has 1 aliphatic heterocycles. The molecular formula is C12H16BrN3O. The number of aromatic nitrogens is 1. The quantitative estimate of drug-likeness (QED) is 0.822. The second kappa shape index (κ2) is 5.14. The van der Waals surface area contributed by atoms with Crippen LogP contribution in [0.4, 0.5) is 5.69 Å². The molecule has 92 valence electrons. The molecule has 0 radical (unpaired) electrons. The van der Waals surface area contributed by atoms with Crippen LogP contribution in [0.2, 0.25) is 0 Å². The van der Waals surface area contributed by atoms with Crippen LogP contribution in [0.15, 0.2) is 16.7 Å². The van der Waals surface area contributed by atoms with Crippen molar-refractivity contribution < 1.29 is 4.79 Å². The molecule has 1 aromatic heterocycles. The van der Waals surface area contributed by atoms with E-state index in [-0.39, 0.29) is 17.9 Å². The van der Waals surface area contributed by atoms with Gasteiger partial charge in [-0.3, -0.25) is 4.79 Å². The smallest absolute Gasteiger partial charge is 0.229 e. The van der Waals surface area contributed by atoms with E-state index in [4.69, 9.17) is 0 Å². The second-order valence-corrected chi connectivity index (χ2v) is 5.21. The minimum atomic E-state index is 0.0537. The summed E-state index contributed by atoms with van der Waals surface area (Å²) in [5, 5.41) is 6.22. The molecule has 0 spiro atoms. The van der Waals surface area contributed by atoms with Crippen LogP contribution in [0, 0.1) is 12.8 Å². The summed E-state index contributed by atoms with van der Waals surface area (Å²) in [5.74, 6) is 0.132. The van der Waals surface area contributed by atoms with Gasteiger partial charge < -0.3 is 10.6 Å². The van der Waals surface area contributed by atoms with Gasteiger partial charge in [0, 0.05) is 6.04 Å². The molecule has 0 saturated carbocycles. The summed E-state index contributed by atoms with van der Waals surface area (Å²) in [6, 6.07) is 3.95. The van der Waals surface area contributed by atoms with Crippen LogP contribution in [0.25, 0.3) is 0 Å². The summed E-state index contributed by atoms with van der Waals surface area (Å²) in [7, 11) is 0. The molecule has 1 aliphatic rings. The normalized spacial score (nSPS) is 23.7. The van der Waals surface area contributed by atoms with Crippen molar-refractivity contribution in [1.29, 1.82) is 0 Å². The molecule has 1 aromatic rings. The molecule has 0 aromatic carbocycles. The molecule has 2 atom stereocenters. The zero-order valence-electron chi connectivity index (χ0n) is 9.96. The number of amides is 1. The fourth-order valence-electron chi connectivity index (χ4n) is 2.10. The summed E-state index contributed by atoms with van der Waals surface area (Å²) in [5.41, 5.74) is 1.61. The predicted molar refractivity (Wildman–Crippen MR) is 70.9 cm³/mol. The number of nitrogens with zero attached hydrogens (tertiary/aromatic N) is 1. The van der Waals surface area contributed by atoms with Crippen LogP contribution in [-0.4, -0.2) is 23.5 Å².